The fourth-order valence-electron chi connectivity index (χ4n) is 6.52. The highest BCUT2D eigenvalue weighted by molar-refractivity contribution is 5.44. The molecule has 3 nitrogen and oxygen atoms in total. The van der Waals surface area contributed by atoms with Gasteiger partial charge < -0.3 is 15.3 Å². The first-order valence-corrected chi connectivity index (χ1v) is 15.6. The summed E-state index contributed by atoms with van der Waals surface area (Å²) in [4.78, 5) is 0. The number of rotatable bonds is 8. The summed E-state index contributed by atoms with van der Waals surface area (Å²) < 4.78 is 0. The second-order valence-corrected chi connectivity index (χ2v) is 14.3. The van der Waals surface area contributed by atoms with Gasteiger partial charge in [-0.05, 0) is 77.2 Å². The van der Waals surface area contributed by atoms with Crippen LogP contribution in [0, 0.1) is 28.6 Å². The van der Waals surface area contributed by atoms with Crippen LogP contribution < -0.4 is 0 Å². The molecule has 0 amide bonds. The second-order valence-electron chi connectivity index (χ2n) is 14.3. The quantitative estimate of drug-likeness (QED) is 0.151. The molecule has 2 aliphatic carbocycles. The van der Waals surface area contributed by atoms with Crippen molar-refractivity contribution in [3.05, 3.63) is 106 Å². The van der Waals surface area contributed by atoms with E-state index in [2.05, 4.69) is 89.8 Å². The highest BCUT2D eigenvalue weighted by atomic mass is 16.5. The van der Waals surface area contributed by atoms with E-state index in [1.807, 2.05) is 57.2 Å². The van der Waals surface area contributed by atoms with Gasteiger partial charge in [-0.1, -0.05) is 135 Å². The van der Waals surface area contributed by atoms with Crippen LogP contribution in [0.5, 0.6) is 0 Å². The zero-order valence-corrected chi connectivity index (χ0v) is 28.4. The van der Waals surface area contributed by atoms with E-state index in [1.165, 1.54) is 30.4 Å². The van der Waals surface area contributed by atoms with Crippen molar-refractivity contribution in [2.24, 2.45) is 16.7 Å². The molecule has 2 atom stereocenters. The first-order chi connectivity index (χ1) is 19.8. The predicted octanol–water partition coefficient (Wildman–Crippen LogP) is 9.39. The summed E-state index contributed by atoms with van der Waals surface area (Å²) in [6, 6.07) is 0. The molecule has 43 heavy (non-hydrogen) atoms. The summed E-state index contributed by atoms with van der Waals surface area (Å²) in [5, 5.41) is 31.2. The Bertz CT molecular complexity index is 1310. The van der Waals surface area contributed by atoms with E-state index in [0.717, 1.165) is 22.3 Å². The first kappa shape index (κ1) is 36.3. The molecule has 3 heteroatoms. The van der Waals surface area contributed by atoms with Crippen molar-refractivity contribution in [2.75, 3.05) is 0 Å². The number of allylic oxidation sites excluding steroid dienone is 17. The van der Waals surface area contributed by atoms with Gasteiger partial charge in [0.05, 0.1) is 5.60 Å². The van der Waals surface area contributed by atoms with Crippen LogP contribution >= 0.6 is 0 Å². The number of hydrogen-bond donors (Lipinski definition) is 3. The van der Waals surface area contributed by atoms with E-state index in [9.17, 15) is 15.3 Å². The summed E-state index contributed by atoms with van der Waals surface area (Å²) in [5.41, 5.74) is 5.72. The van der Waals surface area contributed by atoms with Gasteiger partial charge in [0.15, 0.2) is 5.79 Å². The third kappa shape index (κ3) is 12.0. The van der Waals surface area contributed by atoms with Gasteiger partial charge in [0.2, 0.25) is 0 Å². The molecule has 0 aromatic heterocycles. The highest BCUT2D eigenvalue weighted by Gasteiger charge is 2.53. The van der Waals surface area contributed by atoms with E-state index in [1.54, 1.807) is 6.92 Å². The third-order valence-electron chi connectivity index (χ3n) is 8.54. The minimum Gasteiger partial charge on any atom is -0.389 e. The highest BCUT2D eigenvalue weighted by Crippen LogP contribution is 2.50. The first-order valence-electron chi connectivity index (χ1n) is 15.6. The SMILES string of the molecule is CC1=C(C#C/C(C)=C/C=C/C(C)=C/C=C/C=C(C)/C=C/C=C(C)/C=C/C2C(C)(C)CC(O)(O)CC2(C)O)C(C)(C)CCC1. The van der Waals surface area contributed by atoms with E-state index >= 15 is 0 Å². The lowest BCUT2D eigenvalue weighted by atomic mass is 9.60. The monoisotopic (exact) mass is 584 g/mol. The molecule has 2 rings (SSSR count). The largest absolute Gasteiger partial charge is 0.389 e. The van der Waals surface area contributed by atoms with Gasteiger partial charge in [-0.15, -0.1) is 0 Å². The lowest BCUT2D eigenvalue weighted by Gasteiger charge is -2.51. The molecule has 1 saturated carbocycles. The smallest absolute Gasteiger partial charge is 0.165 e. The molecule has 1 fully saturated rings. The molecule has 0 aliphatic heterocycles. The molecule has 0 heterocycles. The van der Waals surface area contributed by atoms with Crippen molar-refractivity contribution in [2.45, 2.75) is 113 Å². The zero-order chi connectivity index (χ0) is 32.5. The minimum absolute atomic E-state index is 0.0628. The van der Waals surface area contributed by atoms with Crippen LogP contribution in [0.15, 0.2) is 106 Å². The molecule has 2 aliphatic rings. The van der Waals surface area contributed by atoms with Gasteiger partial charge in [0, 0.05) is 24.3 Å². The molecule has 0 bridgehead atoms. The van der Waals surface area contributed by atoms with Gasteiger partial charge in [0.25, 0.3) is 0 Å². The average Bonchev–Trinajstić information content (AvgIpc) is 2.83. The van der Waals surface area contributed by atoms with Crippen molar-refractivity contribution in [1.82, 2.24) is 0 Å². The molecule has 0 saturated heterocycles. The van der Waals surface area contributed by atoms with E-state index in [-0.39, 0.29) is 24.2 Å². The summed E-state index contributed by atoms with van der Waals surface area (Å²) in [5.74, 6) is 4.78. The molecule has 0 aromatic carbocycles. The van der Waals surface area contributed by atoms with E-state index in [4.69, 9.17) is 0 Å². The van der Waals surface area contributed by atoms with Crippen molar-refractivity contribution in [1.29, 1.82) is 0 Å². The Morgan fingerprint density at radius 3 is 1.84 bits per heavy atom. The summed E-state index contributed by atoms with van der Waals surface area (Å²) in [6.07, 6.45) is 28.4. The maximum atomic E-state index is 10.9. The van der Waals surface area contributed by atoms with Crippen LogP contribution in [-0.4, -0.2) is 26.7 Å². The predicted molar refractivity (Wildman–Crippen MR) is 184 cm³/mol. The van der Waals surface area contributed by atoms with Crippen molar-refractivity contribution in [3.8, 4) is 11.8 Å². The van der Waals surface area contributed by atoms with E-state index in [0.29, 0.717) is 0 Å². The molecular formula is C40H56O3. The Kier molecular flexibility index (Phi) is 12.8. The molecule has 3 N–H and O–H groups in total. The van der Waals surface area contributed by atoms with Gasteiger partial charge in [-0.25, -0.2) is 0 Å². The average molecular weight is 585 g/mol. The molecule has 0 spiro atoms. The van der Waals surface area contributed by atoms with E-state index < -0.39 is 16.8 Å². The van der Waals surface area contributed by atoms with Gasteiger partial charge in [-0.3, -0.25) is 0 Å². The fraction of sp³-hybridized carbons (Fsp3) is 0.500. The van der Waals surface area contributed by atoms with Gasteiger partial charge >= 0.3 is 0 Å². The van der Waals surface area contributed by atoms with Crippen LogP contribution in [0.2, 0.25) is 0 Å². The molecule has 0 aromatic rings. The standard InChI is InChI=1S/C40H56O3/c1-30(18-13-20-32(3)23-25-35-34(5)22-15-27-37(35,6)7)16-11-12-17-31(2)19-14-21-33(4)24-26-36-38(8,9)28-40(42,43)29-39(36,10)41/h11-14,16-21,24,26,36,41-43H,15,22,27-29H2,1-10H3/b12-11+,18-13+,19-14+,26-24+,30-16+,31-17+,32-20+,33-21+. The Balaban J connectivity index is 1.93. The van der Waals surface area contributed by atoms with Crippen LogP contribution in [-0.2, 0) is 0 Å². The Morgan fingerprint density at radius 2 is 1.28 bits per heavy atom. The third-order valence-corrected chi connectivity index (χ3v) is 8.54. The lowest BCUT2D eigenvalue weighted by molar-refractivity contribution is -0.255. The fourth-order valence-corrected chi connectivity index (χ4v) is 6.52. The maximum absolute atomic E-state index is 10.9. The Hall–Kier alpha value is -2.90. The maximum Gasteiger partial charge on any atom is 0.165 e. The Morgan fingerprint density at radius 1 is 0.744 bits per heavy atom. The lowest BCUT2D eigenvalue weighted by Crippen LogP contribution is -2.56. The topological polar surface area (TPSA) is 60.7 Å². The van der Waals surface area contributed by atoms with Crippen LogP contribution in [0.1, 0.15) is 101 Å². The molecule has 2 unspecified atom stereocenters. The Labute approximate surface area is 262 Å². The summed E-state index contributed by atoms with van der Waals surface area (Å²) >= 11 is 0. The van der Waals surface area contributed by atoms with Crippen molar-refractivity contribution < 1.29 is 15.3 Å². The summed E-state index contributed by atoms with van der Waals surface area (Å²) in [6.45, 7) is 20.7. The van der Waals surface area contributed by atoms with Crippen LogP contribution in [0.3, 0.4) is 0 Å². The zero-order valence-electron chi connectivity index (χ0n) is 28.4. The molecule has 234 valence electrons. The second kappa shape index (κ2) is 15.2. The van der Waals surface area contributed by atoms with Crippen molar-refractivity contribution in [3.63, 3.8) is 0 Å². The van der Waals surface area contributed by atoms with Gasteiger partial charge in [-0.2, -0.15) is 0 Å². The number of aliphatic hydroxyl groups is 3. The molecule has 0 radical (unpaired) electrons. The molecular weight excluding hydrogens is 528 g/mol. The normalized spacial score (nSPS) is 27.0. The van der Waals surface area contributed by atoms with Crippen LogP contribution in [0.25, 0.3) is 0 Å². The van der Waals surface area contributed by atoms with Crippen LogP contribution in [0.4, 0.5) is 0 Å². The summed E-state index contributed by atoms with van der Waals surface area (Å²) in [7, 11) is 0. The van der Waals surface area contributed by atoms with Gasteiger partial charge in [0.1, 0.15) is 0 Å². The van der Waals surface area contributed by atoms with Crippen molar-refractivity contribution >= 4 is 0 Å². The number of hydrogen-bond acceptors (Lipinski definition) is 3. The minimum atomic E-state index is -1.84.